The number of nitrogens with one attached hydrogen (secondary N) is 1. The lowest BCUT2D eigenvalue weighted by molar-refractivity contribution is -0.386. The number of piperidine rings is 1. The first-order valence-electron chi connectivity index (χ1n) is 10.4. The first-order valence-corrected chi connectivity index (χ1v) is 10.4. The highest BCUT2D eigenvalue weighted by Crippen LogP contribution is 2.55. The largest absolute Gasteiger partial charge is 0.482 e. The summed E-state index contributed by atoms with van der Waals surface area (Å²) in [6.45, 7) is 1.38. The number of hydrogen-bond acceptors (Lipinski definition) is 4. The molecule has 2 fully saturated rings. The van der Waals surface area contributed by atoms with E-state index in [0.717, 1.165) is 30.5 Å². The van der Waals surface area contributed by atoms with Gasteiger partial charge in [0.15, 0.2) is 5.75 Å². The highest BCUT2D eigenvalue weighted by molar-refractivity contribution is 5.56. The Hall–Kier alpha value is -2.40. The standard InChI is InChI=1S/C23H26N2O3/c26-25(27)21-13-18-12-17-9-11-24-23(10-5-4-8-19(17)23)20(18)14-22(21)28-15-16-6-2-1-3-7-16/h1-3,6-7,13-14,17,19,24H,4-5,8-12,15H2. The summed E-state index contributed by atoms with van der Waals surface area (Å²) in [5, 5.41) is 15.6. The molecule has 3 atom stereocenters. The quantitative estimate of drug-likeness (QED) is 0.617. The van der Waals surface area contributed by atoms with Crippen molar-refractivity contribution in [1.82, 2.24) is 5.32 Å². The maximum absolute atomic E-state index is 11.8. The molecule has 1 saturated carbocycles. The fourth-order valence-electron chi connectivity index (χ4n) is 5.89. The van der Waals surface area contributed by atoms with E-state index in [4.69, 9.17) is 4.74 Å². The average Bonchev–Trinajstić information content (AvgIpc) is 2.72. The second-order valence-electron chi connectivity index (χ2n) is 8.51. The van der Waals surface area contributed by atoms with Crippen LogP contribution in [0, 0.1) is 22.0 Å². The van der Waals surface area contributed by atoms with Crippen LogP contribution in [0.2, 0.25) is 0 Å². The van der Waals surface area contributed by atoms with Gasteiger partial charge >= 0.3 is 5.69 Å². The highest BCUT2D eigenvalue weighted by Gasteiger charge is 2.52. The van der Waals surface area contributed by atoms with Crippen molar-refractivity contribution >= 4 is 5.69 Å². The Bertz CT molecular complexity index is 894. The molecule has 28 heavy (non-hydrogen) atoms. The lowest BCUT2D eigenvalue weighted by atomic mass is 9.56. The van der Waals surface area contributed by atoms with E-state index in [1.807, 2.05) is 36.4 Å². The minimum atomic E-state index is -0.297. The molecular formula is C23H26N2O3. The number of nitro benzene ring substituents is 1. The van der Waals surface area contributed by atoms with Gasteiger partial charge in [0.2, 0.25) is 0 Å². The summed E-state index contributed by atoms with van der Waals surface area (Å²) in [4.78, 5) is 11.5. The molecule has 146 valence electrons. The molecule has 1 saturated heterocycles. The van der Waals surface area contributed by atoms with Crippen LogP contribution in [-0.4, -0.2) is 11.5 Å². The van der Waals surface area contributed by atoms with E-state index in [2.05, 4.69) is 5.32 Å². The summed E-state index contributed by atoms with van der Waals surface area (Å²) in [5.74, 6) is 1.69. The van der Waals surface area contributed by atoms with Gasteiger partial charge in [-0.25, -0.2) is 0 Å². The second kappa shape index (κ2) is 6.89. The Balaban J connectivity index is 1.56. The van der Waals surface area contributed by atoms with Gasteiger partial charge in [-0.15, -0.1) is 0 Å². The first kappa shape index (κ1) is 17.7. The molecule has 3 unspecified atom stereocenters. The van der Waals surface area contributed by atoms with Crippen LogP contribution in [0.25, 0.3) is 0 Å². The van der Waals surface area contributed by atoms with Crippen LogP contribution >= 0.6 is 0 Å². The van der Waals surface area contributed by atoms with E-state index in [0.29, 0.717) is 24.2 Å². The van der Waals surface area contributed by atoms with Gasteiger partial charge in [-0.1, -0.05) is 43.2 Å². The van der Waals surface area contributed by atoms with Crippen LogP contribution in [0.4, 0.5) is 5.69 Å². The van der Waals surface area contributed by atoms with Crippen molar-refractivity contribution in [2.45, 2.75) is 50.7 Å². The van der Waals surface area contributed by atoms with Crippen LogP contribution in [0.3, 0.4) is 0 Å². The summed E-state index contributed by atoms with van der Waals surface area (Å²) < 4.78 is 6.00. The molecule has 2 aromatic carbocycles. The van der Waals surface area contributed by atoms with Crippen molar-refractivity contribution in [1.29, 1.82) is 0 Å². The summed E-state index contributed by atoms with van der Waals surface area (Å²) in [6.07, 6.45) is 7.03. The molecule has 0 amide bonds. The molecule has 2 bridgehead atoms. The van der Waals surface area contributed by atoms with Crippen molar-refractivity contribution in [3.05, 3.63) is 69.3 Å². The average molecular weight is 378 g/mol. The zero-order valence-corrected chi connectivity index (χ0v) is 16.0. The van der Waals surface area contributed by atoms with Gasteiger partial charge in [0.25, 0.3) is 0 Å². The number of nitro groups is 1. The fraction of sp³-hybridized carbons (Fsp3) is 0.478. The number of hydrogen-bond donors (Lipinski definition) is 1. The summed E-state index contributed by atoms with van der Waals surface area (Å²) in [6, 6.07) is 13.6. The number of benzene rings is 2. The Labute approximate surface area is 165 Å². The Morgan fingerprint density at radius 2 is 2.04 bits per heavy atom. The summed E-state index contributed by atoms with van der Waals surface area (Å²) in [5.41, 5.74) is 3.49. The van der Waals surface area contributed by atoms with Crippen molar-refractivity contribution < 1.29 is 9.66 Å². The van der Waals surface area contributed by atoms with Crippen LogP contribution in [-0.2, 0) is 18.6 Å². The van der Waals surface area contributed by atoms with Gasteiger partial charge in [0.1, 0.15) is 6.61 Å². The molecule has 5 rings (SSSR count). The van der Waals surface area contributed by atoms with E-state index < -0.39 is 0 Å². The number of ether oxygens (including phenoxy) is 1. The van der Waals surface area contributed by atoms with E-state index in [-0.39, 0.29) is 16.1 Å². The Morgan fingerprint density at radius 1 is 1.18 bits per heavy atom. The van der Waals surface area contributed by atoms with Gasteiger partial charge in [0, 0.05) is 11.6 Å². The third kappa shape index (κ3) is 2.80. The van der Waals surface area contributed by atoms with Gasteiger partial charge in [-0.2, -0.15) is 0 Å². The van der Waals surface area contributed by atoms with E-state index in [1.54, 1.807) is 6.07 Å². The molecule has 0 spiro atoms. The molecule has 2 aliphatic carbocycles. The molecule has 1 N–H and O–H groups in total. The zero-order chi connectivity index (χ0) is 19.1. The molecule has 1 aliphatic heterocycles. The molecule has 5 heteroatoms. The highest BCUT2D eigenvalue weighted by atomic mass is 16.6. The number of rotatable bonds is 4. The van der Waals surface area contributed by atoms with Crippen molar-refractivity contribution in [3.63, 3.8) is 0 Å². The van der Waals surface area contributed by atoms with E-state index >= 15 is 0 Å². The van der Waals surface area contributed by atoms with Crippen LogP contribution < -0.4 is 10.1 Å². The molecule has 5 nitrogen and oxygen atoms in total. The van der Waals surface area contributed by atoms with Gasteiger partial charge < -0.3 is 10.1 Å². The zero-order valence-electron chi connectivity index (χ0n) is 16.0. The lowest BCUT2D eigenvalue weighted by Gasteiger charge is -2.56. The maximum atomic E-state index is 11.8. The minimum absolute atomic E-state index is 0.0191. The smallest absolute Gasteiger partial charge is 0.311 e. The molecular weight excluding hydrogens is 352 g/mol. The SMILES string of the molecule is O=[N+]([O-])c1cc2c(cc1OCc1ccccc1)C13CCCCC1C(CCN3)C2. The lowest BCUT2D eigenvalue weighted by Crippen LogP contribution is -2.59. The first-order chi connectivity index (χ1) is 13.7. The minimum Gasteiger partial charge on any atom is -0.482 e. The van der Waals surface area contributed by atoms with Crippen LogP contribution in [0.15, 0.2) is 42.5 Å². The molecule has 0 aromatic heterocycles. The van der Waals surface area contributed by atoms with Crippen LogP contribution in [0.5, 0.6) is 5.75 Å². The molecule has 2 aromatic rings. The fourth-order valence-corrected chi connectivity index (χ4v) is 5.89. The number of nitrogens with zero attached hydrogens (tertiary/aromatic N) is 1. The van der Waals surface area contributed by atoms with E-state index in [9.17, 15) is 10.1 Å². The van der Waals surface area contributed by atoms with Gasteiger partial charge in [0.05, 0.1) is 4.92 Å². The predicted octanol–water partition coefficient (Wildman–Crippen LogP) is 4.72. The predicted molar refractivity (Wildman–Crippen MR) is 107 cm³/mol. The molecule has 3 aliphatic rings. The topological polar surface area (TPSA) is 64.4 Å². The van der Waals surface area contributed by atoms with E-state index in [1.165, 1.54) is 31.2 Å². The maximum Gasteiger partial charge on any atom is 0.311 e. The van der Waals surface area contributed by atoms with Crippen LogP contribution in [0.1, 0.15) is 48.8 Å². The summed E-state index contributed by atoms with van der Waals surface area (Å²) in [7, 11) is 0. The van der Waals surface area contributed by atoms with Crippen molar-refractivity contribution in [2.75, 3.05) is 6.54 Å². The molecule has 0 radical (unpaired) electrons. The van der Waals surface area contributed by atoms with Gasteiger partial charge in [-0.3, -0.25) is 10.1 Å². The third-order valence-electron chi connectivity index (χ3n) is 7.08. The normalized spacial score (nSPS) is 28.1. The number of fused-ring (bicyclic) bond motifs is 1. The summed E-state index contributed by atoms with van der Waals surface area (Å²) >= 11 is 0. The van der Waals surface area contributed by atoms with Crippen molar-refractivity contribution in [2.24, 2.45) is 11.8 Å². The monoisotopic (exact) mass is 378 g/mol. The Kier molecular flexibility index (Phi) is 4.35. The molecule has 1 heterocycles. The van der Waals surface area contributed by atoms with Crippen molar-refractivity contribution in [3.8, 4) is 5.75 Å². The van der Waals surface area contributed by atoms with Gasteiger partial charge in [-0.05, 0) is 66.8 Å². The third-order valence-corrected chi connectivity index (χ3v) is 7.08. The second-order valence-corrected chi connectivity index (χ2v) is 8.51. The Morgan fingerprint density at radius 3 is 2.86 bits per heavy atom.